The van der Waals surface area contributed by atoms with Gasteiger partial charge in [-0.1, -0.05) is 58.7 Å². The van der Waals surface area contributed by atoms with Crippen molar-refractivity contribution < 1.29 is 5.11 Å². The minimum Gasteiger partial charge on any atom is -0.388 e. The molecule has 0 saturated heterocycles. The molecule has 0 aliphatic heterocycles. The number of aliphatic hydroxyl groups is 1. The van der Waals surface area contributed by atoms with E-state index >= 15 is 0 Å². The van der Waals surface area contributed by atoms with Crippen LogP contribution in [0.1, 0.15) is 88.0 Å². The summed E-state index contributed by atoms with van der Waals surface area (Å²) in [5.41, 5.74) is 3.95. The summed E-state index contributed by atoms with van der Waals surface area (Å²) in [6.07, 6.45) is 5.18. The van der Waals surface area contributed by atoms with E-state index in [1.807, 2.05) is 0 Å². The van der Waals surface area contributed by atoms with Crippen LogP contribution in [0.2, 0.25) is 0 Å². The van der Waals surface area contributed by atoms with Gasteiger partial charge in [0.15, 0.2) is 0 Å². The summed E-state index contributed by atoms with van der Waals surface area (Å²) in [6, 6.07) is 6.76. The second kappa shape index (κ2) is 5.76. The first-order valence-corrected chi connectivity index (χ1v) is 8.82. The average Bonchev–Trinajstić information content (AvgIpc) is 3.20. The highest BCUT2D eigenvalue weighted by Gasteiger charge is 2.54. The third-order valence-corrected chi connectivity index (χ3v) is 5.81. The van der Waals surface area contributed by atoms with Crippen LogP contribution in [-0.4, -0.2) is 5.11 Å². The molecule has 1 N–H and O–H groups in total. The zero-order valence-electron chi connectivity index (χ0n) is 14.0. The highest BCUT2D eigenvalue weighted by Crippen LogP contribution is 2.60. The van der Waals surface area contributed by atoms with Crippen LogP contribution < -0.4 is 0 Å². The molecule has 1 heteroatoms. The molecule has 0 bridgehead atoms. The second-order valence-electron chi connectivity index (χ2n) is 7.83. The summed E-state index contributed by atoms with van der Waals surface area (Å²) in [5.74, 6) is 3.18. The van der Waals surface area contributed by atoms with Crippen LogP contribution in [0.3, 0.4) is 0 Å². The molecule has 116 valence electrons. The molecule has 0 spiro atoms. The molecule has 0 aromatic heterocycles. The van der Waals surface area contributed by atoms with E-state index in [2.05, 4.69) is 45.9 Å². The predicted octanol–water partition coefficient (Wildman–Crippen LogP) is 5.40. The lowest BCUT2D eigenvalue weighted by Gasteiger charge is -2.20. The van der Waals surface area contributed by atoms with E-state index in [4.69, 9.17) is 0 Å². The largest absolute Gasteiger partial charge is 0.388 e. The van der Waals surface area contributed by atoms with Crippen LogP contribution in [0.15, 0.2) is 18.2 Å². The van der Waals surface area contributed by atoms with Crippen molar-refractivity contribution in [1.29, 1.82) is 0 Å². The van der Waals surface area contributed by atoms with Crippen molar-refractivity contribution in [2.75, 3.05) is 0 Å². The van der Waals surface area contributed by atoms with E-state index in [1.165, 1.54) is 42.4 Å². The van der Waals surface area contributed by atoms with Gasteiger partial charge in [0.2, 0.25) is 0 Å². The summed E-state index contributed by atoms with van der Waals surface area (Å²) >= 11 is 0. The lowest BCUT2D eigenvalue weighted by Crippen LogP contribution is -2.08. The Morgan fingerprint density at radius 3 is 2.05 bits per heavy atom. The molecule has 2 fully saturated rings. The maximum absolute atomic E-state index is 11.0. The fourth-order valence-corrected chi connectivity index (χ4v) is 4.45. The molecular formula is C20H30O. The Labute approximate surface area is 129 Å². The monoisotopic (exact) mass is 286 g/mol. The maximum Gasteiger partial charge on any atom is 0.0826 e. The first-order chi connectivity index (χ1) is 10.0. The molecular weight excluding hydrogens is 256 g/mol. The molecule has 3 rings (SSSR count). The predicted molar refractivity (Wildman–Crippen MR) is 88.5 cm³/mol. The van der Waals surface area contributed by atoms with Crippen LogP contribution in [0.5, 0.6) is 0 Å². The fourth-order valence-electron chi connectivity index (χ4n) is 4.45. The Hall–Kier alpha value is -0.820. The normalized spacial score (nSPS) is 29.6. The molecule has 3 atom stereocenters. The summed E-state index contributed by atoms with van der Waals surface area (Å²) in [5, 5.41) is 11.0. The molecule has 1 aromatic rings. The number of rotatable bonds is 4. The van der Waals surface area contributed by atoms with Gasteiger partial charge in [0.05, 0.1) is 6.10 Å². The topological polar surface area (TPSA) is 20.2 Å². The van der Waals surface area contributed by atoms with Crippen molar-refractivity contribution in [3.8, 4) is 0 Å². The zero-order valence-corrected chi connectivity index (χ0v) is 14.0. The van der Waals surface area contributed by atoms with Crippen molar-refractivity contribution in [2.24, 2.45) is 17.8 Å². The van der Waals surface area contributed by atoms with Crippen molar-refractivity contribution in [3.05, 3.63) is 34.9 Å². The van der Waals surface area contributed by atoms with Crippen LogP contribution in [0.25, 0.3) is 0 Å². The van der Waals surface area contributed by atoms with Crippen molar-refractivity contribution >= 4 is 0 Å². The Bertz CT molecular complexity index is 491. The summed E-state index contributed by atoms with van der Waals surface area (Å²) in [7, 11) is 0. The number of aliphatic hydroxyl groups excluding tert-OH is 1. The third-order valence-electron chi connectivity index (χ3n) is 5.81. The van der Waals surface area contributed by atoms with Gasteiger partial charge < -0.3 is 5.11 Å². The lowest BCUT2D eigenvalue weighted by molar-refractivity contribution is 0.141. The Balaban J connectivity index is 1.87. The van der Waals surface area contributed by atoms with Crippen LogP contribution in [0, 0.1) is 17.8 Å². The van der Waals surface area contributed by atoms with Crippen molar-refractivity contribution in [3.63, 3.8) is 0 Å². The minimum atomic E-state index is -0.239. The molecule has 1 aromatic carbocycles. The van der Waals surface area contributed by atoms with Gasteiger partial charge in [-0.05, 0) is 59.1 Å². The molecule has 3 unspecified atom stereocenters. The molecule has 0 heterocycles. The Morgan fingerprint density at radius 2 is 1.52 bits per heavy atom. The molecule has 2 aliphatic carbocycles. The number of hydrogen-bond donors (Lipinski definition) is 1. The standard InChI is InChI=1S/C20H30O/c1-12(2)14-9-10-17(18(11-14)13(3)4)20(21)19-15-7-5-6-8-16(15)19/h9-13,15-16,19-21H,5-8H2,1-4H3. The summed E-state index contributed by atoms with van der Waals surface area (Å²) in [4.78, 5) is 0. The van der Waals surface area contributed by atoms with E-state index in [1.54, 1.807) is 0 Å². The summed E-state index contributed by atoms with van der Waals surface area (Å²) < 4.78 is 0. The van der Waals surface area contributed by atoms with Crippen molar-refractivity contribution in [2.45, 2.75) is 71.3 Å². The van der Waals surface area contributed by atoms with Crippen LogP contribution in [0.4, 0.5) is 0 Å². The van der Waals surface area contributed by atoms with E-state index in [9.17, 15) is 5.11 Å². The van der Waals surface area contributed by atoms with Gasteiger partial charge in [-0.25, -0.2) is 0 Å². The SMILES string of the molecule is CC(C)c1ccc(C(O)C2C3CCCCC32)c(C(C)C)c1. The number of benzene rings is 1. The third kappa shape index (κ3) is 2.77. The second-order valence-corrected chi connectivity index (χ2v) is 7.83. The van der Waals surface area contributed by atoms with Gasteiger partial charge in [0, 0.05) is 0 Å². The highest BCUT2D eigenvalue weighted by molar-refractivity contribution is 5.38. The number of hydrogen-bond acceptors (Lipinski definition) is 1. The first-order valence-electron chi connectivity index (χ1n) is 8.82. The molecule has 2 saturated carbocycles. The Morgan fingerprint density at radius 1 is 0.905 bits per heavy atom. The fraction of sp³-hybridized carbons (Fsp3) is 0.700. The number of fused-ring (bicyclic) bond motifs is 1. The van der Waals surface area contributed by atoms with Gasteiger partial charge in [-0.2, -0.15) is 0 Å². The zero-order chi connectivity index (χ0) is 15.1. The molecule has 0 amide bonds. The van der Waals surface area contributed by atoms with Crippen molar-refractivity contribution in [1.82, 2.24) is 0 Å². The van der Waals surface area contributed by atoms with Gasteiger partial charge in [-0.3, -0.25) is 0 Å². The first kappa shape index (κ1) is 15.1. The smallest absolute Gasteiger partial charge is 0.0826 e. The average molecular weight is 286 g/mol. The molecule has 21 heavy (non-hydrogen) atoms. The van der Waals surface area contributed by atoms with Crippen LogP contribution in [-0.2, 0) is 0 Å². The van der Waals surface area contributed by atoms with E-state index in [0.29, 0.717) is 17.8 Å². The summed E-state index contributed by atoms with van der Waals surface area (Å²) in [6.45, 7) is 8.97. The molecule has 1 nitrogen and oxygen atoms in total. The van der Waals surface area contributed by atoms with E-state index in [0.717, 1.165) is 11.8 Å². The highest BCUT2D eigenvalue weighted by atomic mass is 16.3. The van der Waals surface area contributed by atoms with Gasteiger partial charge in [0.25, 0.3) is 0 Å². The van der Waals surface area contributed by atoms with E-state index in [-0.39, 0.29) is 6.10 Å². The van der Waals surface area contributed by atoms with Gasteiger partial charge in [-0.15, -0.1) is 0 Å². The van der Waals surface area contributed by atoms with Crippen LogP contribution >= 0.6 is 0 Å². The maximum atomic E-state index is 11.0. The van der Waals surface area contributed by atoms with Gasteiger partial charge in [0.1, 0.15) is 0 Å². The van der Waals surface area contributed by atoms with Gasteiger partial charge >= 0.3 is 0 Å². The molecule has 2 aliphatic rings. The Kier molecular flexibility index (Phi) is 4.14. The molecule has 0 radical (unpaired) electrons. The lowest BCUT2D eigenvalue weighted by atomic mass is 9.87. The quantitative estimate of drug-likeness (QED) is 0.785. The van der Waals surface area contributed by atoms with E-state index < -0.39 is 0 Å². The minimum absolute atomic E-state index is 0.239.